The molecule has 3 rings (SSSR count). The van der Waals surface area contributed by atoms with Crippen LogP contribution in [0.5, 0.6) is 0 Å². The standard InChI is InChI=1S/C15H16F2N4O3S2/c1-2-26(23,24)21-7-3-4-12(21)14-19-20-15(25-14)13(22)18-9-5-6-10(16)11(17)8-9/h5-6,8,12H,2-4,7H2,1H3,(H,18,22)/t12-/m0/s1. The maximum atomic E-state index is 13.2. The van der Waals surface area contributed by atoms with Crippen LogP contribution in [0.1, 0.15) is 40.6 Å². The van der Waals surface area contributed by atoms with E-state index in [2.05, 4.69) is 15.5 Å². The highest BCUT2D eigenvalue weighted by atomic mass is 32.2. The lowest BCUT2D eigenvalue weighted by atomic mass is 10.2. The summed E-state index contributed by atoms with van der Waals surface area (Å²) < 4.78 is 51.9. The molecule has 0 spiro atoms. The highest BCUT2D eigenvalue weighted by molar-refractivity contribution is 7.89. The average molecular weight is 402 g/mol. The number of carbonyl (C=O) groups excluding carboxylic acids is 1. The minimum atomic E-state index is -3.37. The Balaban J connectivity index is 1.76. The van der Waals surface area contributed by atoms with Gasteiger partial charge in [0, 0.05) is 18.3 Å². The molecule has 1 aliphatic heterocycles. The molecule has 0 saturated carbocycles. The molecule has 0 radical (unpaired) electrons. The van der Waals surface area contributed by atoms with Gasteiger partial charge in [-0.1, -0.05) is 11.3 Å². The van der Waals surface area contributed by atoms with Crippen LogP contribution in [-0.4, -0.2) is 41.1 Å². The van der Waals surface area contributed by atoms with Crippen molar-refractivity contribution in [2.75, 3.05) is 17.6 Å². The van der Waals surface area contributed by atoms with Crippen LogP contribution in [0.4, 0.5) is 14.5 Å². The Morgan fingerprint density at radius 2 is 2.12 bits per heavy atom. The van der Waals surface area contributed by atoms with E-state index in [1.807, 2.05) is 0 Å². The zero-order chi connectivity index (χ0) is 18.9. The molecule has 1 saturated heterocycles. The third kappa shape index (κ3) is 3.74. The van der Waals surface area contributed by atoms with E-state index in [0.717, 1.165) is 23.5 Å². The van der Waals surface area contributed by atoms with E-state index in [4.69, 9.17) is 0 Å². The van der Waals surface area contributed by atoms with Gasteiger partial charge in [-0.2, -0.15) is 4.31 Å². The van der Waals surface area contributed by atoms with Crippen LogP contribution in [-0.2, 0) is 10.0 Å². The van der Waals surface area contributed by atoms with Gasteiger partial charge in [0.2, 0.25) is 15.0 Å². The molecule has 26 heavy (non-hydrogen) atoms. The number of hydrogen-bond donors (Lipinski definition) is 1. The summed E-state index contributed by atoms with van der Waals surface area (Å²) in [4.78, 5) is 12.2. The van der Waals surface area contributed by atoms with Gasteiger partial charge >= 0.3 is 0 Å². The lowest BCUT2D eigenvalue weighted by Crippen LogP contribution is -2.31. The molecule has 0 bridgehead atoms. The third-order valence-corrected chi connectivity index (χ3v) is 6.93. The fourth-order valence-corrected chi connectivity index (χ4v) is 4.99. The van der Waals surface area contributed by atoms with Crippen LogP contribution in [0.25, 0.3) is 0 Å². The van der Waals surface area contributed by atoms with E-state index >= 15 is 0 Å². The molecular weight excluding hydrogens is 386 g/mol. The summed E-state index contributed by atoms with van der Waals surface area (Å²) >= 11 is 0.987. The van der Waals surface area contributed by atoms with Crippen molar-refractivity contribution < 1.29 is 22.0 Å². The Bertz CT molecular complexity index is 933. The lowest BCUT2D eigenvalue weighted by Gasteiger charge is -2.21. The minimum absolute atomic E-state index is 0.00816. The number of carbonyl (C=O) groups is 1. The van der Waals surface area contributed by atoms with E-state index in [1.54, 1.807) is 6.92 Å². The summed E-state index contributed by atoms with van der Waals surface area (Å²) in [5.74, 6) is -2.72. The average Bonchev–Trinajstić information content (AvgIpc) is 3.27. The quantitative estimate of drug-likeness (QED) is 0.830. The number of sulfonamides is 1. The molecule has 1 aliphatic rings. The van der Waals surface area contributed by atoms with E-state index in [-0.39, 0.29) is 16.4 Å². The van der Waals surface area contributed by atoms with Crippen molar-refractivity contribution in [2.45, 2.75) is 25.8 Å². The number of hydrogen-bond acceptors (Lipinski definition) is 6. The second-order valence-electron chi connectivity index (χ2n) is 5.70. The SMILES string of the molecule is CCS(=O)(=O)N1CCC[C@H]1c1nnc(C(=O)Nc2ccc(F)c(F)c2)s1. The van der Waals surface area contributed by atoms with Crippen LogP contribution in [0.3, 0.4) is 0 Å². The summed E-state index contributed by atoms with van der Waals surface area (Å²) in [7, 11) is -3.37. The maximum Gasteiger partial charge on any atom is 0.286 e. The molecule has 1 N–H and O–H groups in total. The van der Waals surface area contributed by atoms with Crippen LogP contribution < -0.4 is 5.32 Å². The predicted molar refractivity (Wildman–Crippen MR) is 92.4 cm³/mol. The molecule has 2 aromatic rings. The number of amides is 1. The monoisotopic (exact) mass is 402 g/mol. The Morgan fingerprint density at radius 1 is 1.35 bits per heavy atom. The summed E-state index contributed by atoms with van der Waals surface area (Å²) in [6.07, 6.45) is 1.32. The molecule has 11 heteroatoms. The number of rotatable bonds is 5. The fourth-order valence-electron chi connectivity index (χ4n) is 2.71. The van der Waals surface area contributed by atoms with Gasteiger partial charge in [0.1, 0.15) is 5.01 Å². The maximum absolute atomic E-state index is 13.2. The first kappa shape index (κ1) is 18.8. The molecule has 0 unspecified atom stereocenters. The van der Waals surface area contributed by atoms with Crippen LogP contribution in [0.15, 0.2) is 18.2 Å². The molecule has 1 atom stereocenters. The van der Waals surface area contributed by atoms with Crippen molar-refractivity contribution in [1.82, 2.24) is 14.5 Å². The van der Waals surface area contributed by atoms with Crippen molar-refractivity contribution in [2.24, 2.45) is 0 Å². The normalized spacial score (nSPS) is 18.2. The molecule has 140 valence electrons. The fraction of sp³-hybridized carbons (Fsp3) is 0.400. The first-order valence-electron chi connectivity index (χ1n) is 7.91. The van der Waals surface area contributed by atoms with E-state index in [1.165, 1.54) is 10.4 Å². The topological polar surface area (TPSA) is 92.3 Å². The van der Waals surface area contributed by atoms with Crippen molar-refractivity contribution in [3.05, 3.63) is 39.8 Å². The number of nitrogens with one attached hydrogen (secondary N) is 1. The second-order valence-corrected chi connectivity index (χ2v) is 8.92. The minimum Gasteiger partial charge on any atom is -0.320 e. The van der Waals surface area contributed by atoms with Gasteiger partial charge in [-0.05, 0) is 31.9 Å². The Kier molecular flexibility index (Phi) is 5.30. The highest BCUT2D eigenvalue weighted by Gasteiger charge is 2.36. The molecule has 1 aromatic carbocycles. The van der Waals surface area contributed by atoms with Gasteiger partial charge in [-0.15, -0.1) is 10.2 Å². The summed E-state index contributed by atoms with van der Waals surface area (Å²) in [6.45, 7) is 1.99. The zero-order valence-electron chi connectivity index (χ0n) is 13.8. The molecular formula is C15H16F2N4O3S2. The van der Waals surface area contributed by atoms with Crippen LogP contribution in [0.2, 0.25) is 0 Å². The van der Waals surface area contributed by atoms with Gasteiger partial charge in [0.25, 0.3) is 5.91 Å². The molecule has 0 aliphatic carbocycles. The predicted octanol–water partition coefficient (Wildman–Crippen LogP) is 2.56. The van der Waals surface area contributed by atoms with E-state index < -0.39 is 33.6 Å². The molecule has 1 fully saturated rings. The number of aromatic nitrogens is 2. The number of nitrogens with zero attached hydrogens (tertiary/aromatic N) is 3. The van der Waals surface area contributed by atoms with E-state index in [9.17, 15) is 22.0 Å². The second kappa shape index (κ2) is 7.33. The molecule has 1 amide bonds. The first-order valence-corrected chi connectivity index (χ1v) is 10.3. The molecule has 7 nitrogen and oxygen atoms in total. The van der Waals surface area contributed by atoms with Crippen molar-refractivity contribution >= 4 is 33.0 Å². The van der Waals surface area contributed by atoms with E-state index in [0.29, 0.717) is 24.4 Å². The lowest BCUT2D eigenvalue weighted by molar-refractivity contribution is 0.102. The zero-order valence-corrected chi connectivity index (χ0v) is 15.4. The van der Waals surface area contributed by atoms with Crippen LogP contribution in [0, 0.1) is 11.6 Å². The Labute approximate surface area is 153 Å². The van der Waals surface area contributed by atoms with Crippen molar-refractivity contribution in [3.63, 3.8) is 0 Å². The first-order chi connectivity index (χ1) is 12.3. The van der Waals surface area contributed by atoms with Gasteiger partial charge in [0.15, 0.2) is 11.6 Å². The van der Waals surface area contributed by atoms with Crippen LogP contribution >= 0.6 is 11.3 Å². The van der Waals surface area contributed by atoms with Gasteiger partial charge < -0.3 is 5.32 Å². The third-order valence-electron chi connectivity index (χ3n) is 4.02. The smallest absolute Gasteiger partial charge is 0.286 e. The largest absolute Gasteiger partial charge is 0.320 e. The number of halogens is 2. The summed E-state index contributed by atoms with van der Waals surface area (Å²) in [6, 6.07) is 2.57. The number of anilines is 1. The Hall–Kier alpha value is -1.98. The van der Waals surface area contributed by atoms with Gasteiger partial charge in [-0.25, -0.2) is 17.2 Å². The molecule has 2 heterocycles. The summed E-state index contributed by atoms with van der Waals surface area (Å²) in [5.41, 5.74) is 0.0849. The highest BCUT2D eigenvalue weighted by Crippen LogP contribution is 2.35. The summed E-state index contributed by atoms with van der Waals surface area (Å²) in [5, 5.41) is 10.6. The molecule has 1 aromatic heterocycles. The Morgan fingerprint density at radius 3 is 2.81 bits per heavy atom. The van der Waals surface area contributed by atoms with Gasteiger partial charge in [0.05, 0.1) is 11.8 Å². The van der Waals surface area contributed by atoms with Crippen molar-refractivity contribution in [1.29, 1.82) is 0 Å². The number of benzene rings is 1. The van der Waals surface area contributed by atoms with Gasteiger partial charge in [-0.3, -0.25) is 4.79 Å². The van der Waals surface area contributed by atoms with Crippen molar-refractivity contribution in [3.8, 4) is 0 Å².